The Morgan fingerprint density at radius 1 is 1.13 bits per heavy atom. The van der Waals surface area contributed by atoms with Crippen molar-refractivity contribution >= 4 is 32.6 Å². The number of amides is 1. The molecule has 7 heteroatoms. The number of aromatic nitrogens is 2. The van der Waals surface area contributed by atoms with Crippen molar-refractivity contribution in [2.45, 2.75) is 19.9 Å². The number of halogens is 1. The van der Waals surface area contributed by atoms with Gasteiger partial charge in [0.15, 0.2) is 23.3 Å². The van der Waals surface area contributed by atoms with Gasteiger partial charge in [-0.1, -0.05) is 42.5 Å². The number of carbonyl (C=O) groups excluding carboxylic acids is 1. The molecule has 0 radical (unpaired) electrons. The standard InChI is InChI=1S/C23H20FN3O2S/c1-2-16-10-11-19-21(13-16)30-23(26-19)27(14-17-7-5-6-12-25-17)22(28)15-29-20-9-4-3-8-18(20)24/h3-13H,2,14-15H2,1H3. The van der Waals surface area contributed by atoms with Crippen LogP contribution in [0.2, 0.25) is 0 Å². The van der Waals surface area contributed by atoms with Gasteiger partial charge in [0.25, 0.3) is 5.91 Å². The van der Waals surface area contributed by atoms with Gasteiger partial charge in [-0.05, 0) is 48.4 Å². The van der Waals surface area contributed by atoms with Crippen LogP contribution in [-0.4, -0.2) is 22.5 Å². The molecule has 152 valence electrons. The molecular weight excluding hydrogens is 401 g/mol. The van der Waals surface area contributed by atoms with E-state index in [0.29, 0.717) is 5.13 Å². The molecule has 0 atom stereocenters. The van der Waals surface area contributed by atoms with Crippen molar-refractivity contribution in [2.75, 3.05) is 11.5 Å². The number of rotatable bonds is 7. The molecule has 4 aromatic rings. The van der Waals surface area contributed by atoms with E-state index >= 15 is 0 Å². The van der Waals surface area contributed by atoms with E-state index in [-0.39, 0.29) is 24.8 Å². The molecule has 0 fully saturated rings. The van der Waals surface area contributed by atoms with E-state index in [0.717, 1.165) is 22.3 Å². The SMILES string of the molecule is CCc1ccc2nc(N(Cc3ccccn3)C(=O)COc3ccccc3F)sc2c1. The lowest BCUT2D eigenvalue weighted by molar-refractivity contribution is -0.120. The first-order valence-corrected chi connectivity index (χ1v) is 10.4. The van der Waals surface area contributed by atoms with Crippen LogP contribution in [0.4, 0.5) is 9.52 Å². The quantitative estimate of drug-likeness (QED) is 0.421. The Morgan fingerprint density at radius 3 is 2.73 bits per heavy atom. The van der Waals surface area contributed by atoms with Crippen LogP contribution in [0.3, 0.4) is 0 Å². The fourth-order valence-corrected chi connectivity index (χ4v) is 4.03. The summed E-state index contributed by atoms with van der Waals surface area (Å²) in [4.78, 5) is 23.6. The second-order valence-electron chi connectivity index (χ2n) is 6.67. The molecule has 0 unspecified atom stereocenters. The van der Waals surface area contributed by atoms with E-state index in [1.807, 2.05) is 30.3 Å². The fraction of sp³-hybridized carbons (Fsp3) is 0.174. The number of anilines is 1. The van der Waals surface area contributed by atoms with Gasteiger partial charge < -0.3 is 4.74 Å². The third kappa shape index (κ3) is 4.46. The maximum atomic E-state index is 13.9. The molecule has 5 nitrogen and oxygen atoms in total. The molecule has 0 N–H and O–H groups in total. The van der Waals surface area contributed by atoms with E-state index in [1.54, 1.807) is 23.2 Å². The molecule has 2 aromatic heterocycles. The summed E-state index contributed by atoms with van der Waals surface area (Å²) in [6.07, 6.45) is 2.61. The number of carbonyl (C=O) groups is 1. The van der Waals surface area contributed by atoms with Gasteiger partial charge in [-0.3, -0.25) is 14.7 Å². The number of benzene rings is 2. The molecule has 30 heavy (non-hydrogen) atoms. The van der Waals surface area contributed by atoms with E-state index in [2.05, 4.69) is 23.0 Å². The average Bonchev–Trinajstić information content (AvgIpc) is 3.20. The van der Waals surface area contributed by atoms with Crippen molar-refractivity contribution in [1.82, 2.24) is 9.97 Å². The number of para-hydroxylation sites is 1. The summed E-state index contributed by atoms with van der Waals surface area (Å²) in [6, 6.07) is 17.7. The van der Waals surface area contributed by atoms with E-state index in [9.17, 15) is 9.18 Å². The van der Waals surface area contributed by atoms with Gasteiger partial charge in [0.05, 0.1) is 22.5 Å². The van der Waals surface area contributed by atoms with E-state index < -0.39 is 5.82 Å². The molecule has 0 aliphatic carbocycles. The first-order chi connectivity index (χ1) is 14.6. The van der Waals surface area contributed by atoms with Crippen LogP contribution < -0.4 is 9.64 Å². The van der Waals surface area contributed by atoms with E-state index in [4.69, 9.17) is 4.74 Å². The molecule has 0 saturated carbocycles. The Bertz CT molecular complexity index is 1160. The van der Waals surface area contributed by atoms with Crippen molar-refractivity contribution in [1.29, 1.82) is 0 Å². The maximum Gasteiger partial charge on any atom is 0.267 e. The molecule has 1 amide bonds. The number of fused-ring (bicyclic) bond motifs is 1. The number of hydrogen-bond donors (Lipinski definition) is 0. The number of hydrogen-bond acceptors (Lipinski definition) is 5. The molecule has 2 aromatic carbocycles. The van der Waals surface area contributed by atoms with Gasteiger partial charge in [-0.15, -0.1) is 0 Å². The van der Waals surface area contributed by atoms with Crippen LogP contribution in [0.1, 0.15) is 18.2 Å². The lowest BCUT2D eigenvalue weighted by atomic mass is 10.2. The molecule has 0 aliphatic rings. The number of aryl methyl sites for hydroxylation is 1. The number of nitrogens with zero attached hydrogens (tertiary/aromatic N) is 3. The average molecular weight is 421 g/mol. The van der Waals surface area contributed by atoms with Crippen LogP contribution >= 0.6 is 11.3 Å². The van der Waals surface area contributed by atoms with Gasteiger partial charge in [0, 0.05) is 6.20 Å². The minimum absolute atomic E-state index is 0.0422. The molecule has 2 heterocycles. The van der Waals surface area contributed by atoms with Gasteiger partial charge in [-0.25, -0.2) is 9.37 Å². The first-order valence-electron chi connectivity index (χ1n) is 9.61. The van der Waals surface area contributed by atoms with Crippen LogP contribution in [-0.2, 0) is 17.8 Å². The number of ether oxygens (including phenoxy) is 1. The molecule has 0 saturated heterocycles. The summed E-state index contributed by atoms with van der Waals surface area (Å²) < 4.78 is 20.3. The topological polar surface area (TPSA) is 55.3 Å². The van der Waals surface area contributed by atoms with Crippen molar-refractivity contribution in [3.05, 3.63) is 83.9 Å². The van der Waals surface area contributed by atoms with Crippen molar-refractivity contribution in [3.8, 4) is 5.75 Å². The summed E-state index contributed by atoms with van der Waals surface area (Å²) in [5, 5.41) is 0.561. The van der Waals surface area contributed by atoms with Gasteiger partial charge >= 0.3 is 0 Å². The van der Waals surface area contributed by atoms with Crippen molar-refractivity contribution in [2.24, 2.45) is 0 Å². The highest BCUT2D eigenvalue weighted by atomic mass is 32.1. The zero-order valence-corrected chi connectivity index (χ0v) is 17.2. The zero-order valence-electron chi connectivity index (χ0n) is 16.4. The van der Waals surface area contributed by atoms with Crippen LogP contribution in [0.25, 0.3) is 10.2 Å². The predicted octanol–water partition coefficient (Wildman–Crippen LogP) is 5.01. The zero-order chi connectivity index (χ0) is 20.9. The molecule has 0 aliphatic heterocycles. The van der Waals surface area contributed by atoms with Crippen molar-refractivity contribution < 1.29 is 13.9 Å². The maximum absolute atomic E-state index is 13.9. The lowest BCUT2D eigenvalue weighted by Gasteiger charge is -2.19. The van der Waals surface area contributed by atoms with Crippen LogP contribution in [0.5, 0.6) is 5.75 Å². The summed E-state index contributed by atoms with van der Waals surface area (Å²) in [6.45, 7) is 2.05. The summed E-state index contributed by atoms with van der Waals surface area (Å²) in [5.41, 5.74) is 2.77. The molecular formula is C23H20FN3O2S. The third-order valence-electron chi connectivity index (χ3n) is 4.62. The van der Waals surface area contributed by atoms with Crippen LogP contribution in [0, 0.1) is 5.82 Å². The highest BCUT2D eigenvalue weighted by Gasteiger charge is 2.22. The van der Waals surface area contributed by atoms with Gasteiger partial charge in [0.2, 0.25) is 0 Å². The monoisotopic (exact) mass is 421 g/mol. The highest BCUT2D eigenvalue weighted by Crippen LogP contribution is 2.31. The second kappa shape index (κ2) is 9.00. The first kappa shape index (κ1) is 20.0. The van der Waals surface area contributed by atoms with E-state index in [1.165, 1.54) is 29.0 Å². The Morgan fingerprint density at radius 2 is 1.97 bits per heavy atom. The number of thiazole rings is 1. The summed E-state index contributed by atoms with van der Waals surface area (Å²) in [7, 11) is 0. The predicted molar refractivity (Wildman–Crippen MR) is 116 cm³/mol. The molecule has 0 bridgehead atoms. The van der Waals surface area contributed by atoms with Crippen LogP contribution in [0.15, 0.2) is 66.9 Å². The second-order valence-corrected chi connectivity index (χ2v) is 7.68. The normalized spacial score (nSPS) is 10.9. The Labute approximate surface area is 177 Å². The Hall–Kier alpha value is -3.32. The molecule has 0 spiro atoms. The third-order valence-corrected chi connectivity index (χ3v) is 5.66. The minimum Gasteiger partial charge on any atom is -0.481 e. The van der Waals surface area contributed by atoms with Crippen molar-refractivity contribution in [3.63, 3.8) is 0 Å². The summed E-state index contributed by atoms with van der Waals surface area (Å²) >= 11 is 1.44. The number of pyridine rings is 1. The highest BCUT2D eigenvalue weighted by molar-refractivity contribution is 7.22. The van der Waals surface area contributed by atoms with Gasteiger partial charge in [0.1, 0.15) is 0 Å². The smallest absolute Gasteiger partial charge is 0.267 e. The Balaban J connectivity index is 1.62. The fourth-order valence-electron chi connectivity index (χ4n) is 2.99. The molecule has 4 rings (SSSR count). The Kier molecular flexibility index (Phi) is 5.99. The lowest BCUT2D eigenvalue weighted by Crippen LogP contribution is -2.34. The summed E-state index contributed by atoms with van der Waals surface area (Å²) in [5.74, 6) is -0.784. The minimum atomic E-state index is -0.506. The van der Waals surface area contributed by atoms with Gasteiger partial charge in [-0.2, -0.15) is 0 Å². The largest absolute Gasteiger partial charge is 0.481 e.